The Morgan fingerprint density at radius 2 is 1.60 bits per heavy atom. The van der Waals surface area contributed by atoms with Gasteiger partial charge in [0.05, 0.1) is 32.8 Å². The van der Waals surface area contributed by atoms with Crippen LogP contribution in [0, 0.1) is 11.3 Å². The second kappa shape index (κ2) is 15.8. The largest absolute Gasteiger partial charge is 0.443 e. The molecule has 0 unspecified atom stereocenters. The molecule has 2 N–H and O–H groups in total. The molecule has 0 radical (unpaired) electrons. The van der Waals surface area contributed by atoms with Crippen LogP contribution < -0.4 is 5.43 Å². The molecule has 2 amide bonds. The summed E-state index contributed by atoms with van der Waals surface area (Å²) >= 11 is 1.34. The average molecular weight is 681 g/mol. The van der Waals surface area contributed by atoms with Crippen molar-refractivity contribution in [1.82, 2.24) is 19.7 Å². The fourth-order valence-electron chi connectivity index (χ4n) is 5.13. The molecule has 12 heteroatoms. The van der Waals surface area contributed by atoms with Gasteiger partial charge in [0, 0.05) is 19.5 Å². The number of aliphatic hydroxyl groups is 1. The van der Waals surface area contributed by atoms with E-state index in [1.54, 1.807) is 17.6 Å². The summed E-state index contributed by atoms with van der Waals surface area (Å²) in [6.45, 7) is 9.27. The van der Waals surface area contributed by atoms with Crippen LogP contribution in [0.5, 0.6) is 0 Å². The summed E-state index contributed by atoms with van der Waals surface area (Å²) in [5, 5.41) is 13.1. The molecule has 2 atom stereocenters. The highest BCUT2D eigenvalue weighted by Crippen LogP contribution is 2.27. The highest BCUT2D eigenvalue weighted by molar-refractivity contribution is 7.89. The Labute approximate surface area is 281 Å². The fraction of sp³-hybridized carbons (Fsp3) is 0.400. The molecule has 0 aliphatic heterocycles. The van der Waals surface area contributed by atoms with Crippen LogP contribution >= 0.6 is 11.3 Å². The maximum atomic E-state index is 14.1. The van der Waals surface area contributed by atoms with Gasteiger partial charge in [0.15, 0.2) is 0 Å². The van der Waals surface area contributed by atoms with Gasteiger partial charge in [-0.2, -0.15) is 4.31 Å². The van der Waals surface area contributed by atoms with Gasteiger partial charge in [0.2, 0.25) is 15.9 Å². The third kappa shape index (κ3) is 10.3. The molecule has 0 saturated heterocycles. The fourth-order valence-corrected chi connectivity index (χ4v) is 7.57. The molecular weight excluding hydrogens is 637 g/mol. The van der Waals surface area contributed by atoms with E-state index in [4.69, 9.17) is 4.74 Å². The van der Waals surface area contributed by atoms with Crippen LogP contribution in [0.25, 0.3) is 10.2 Å². The molecule has 4 rings (SSSR count). The lowest BCUT2D eigenvalue weighted by Crippen LogP contribution is -2.59. The number of hydrogen-bond donors (Lipinski definition) is 2. The number of fused-ring (bicyclic) bond motifs is 1. The number of hydrazine groups is 1. The second-order valence-corrected chi connectivity index (χ2v) is 16.0. The molecule has 0 saturated carbocycles. The standard InChI is InChI=1S/C35H44N4O6S2/c1-25(2)21-38(47(43,44)28-16-17-29-32(19-28)46-24-36-29)22-31(40)30(18-26-12-8-6-9-13-26)39(33(41)20-35(3,4)5)37-34(42)45-23-27-14-10-7-11-15-27/h6-17,19,24-25,30-31,40H,18,20-23H2,1-5H3,(H,37,42)/t30-,31+/m0/s1. The molecule has 3 aromatic carbocycles. The monoisotopic (exact) mass is 680 g/mol. The number of aliphatic hydroxyl groups excluding tert-OH is 1. The first-order valence-electron chi connectivity index (χ1n) is 15.6. The van der Waals surface area contributed by atoms with Crippen LogP contribution in [0.1, 0.15) is 52.2 Å². The molecule has 1 aromatic heterocycles. The zero-order valence-corrected chi connectivity index (χ0v) is 29.1. The van der Waals surface area contributed by atoms with Crippen LogP contribution in [0.2, 0.25) is 0 Å². The maximum absolute atomic E-state index is 14.1. The predicted octanol–water partition coefficient (Wildman–Crippen LogP) is 6.02. The number of ether oxygens (including phenoxy) is 1. The number of carbonyl (C=O) groups is 2. The van der Waals surface area contributed by atoms with Crippen molar-refractivity contribution in [2.45, 2.75) is 71.1 Å². The van der Waals surface area contributed by atoms with Crippen molar-refractivity contribution in [3.05, 3.63) is 95.5 Å². The summed E-state index contributed by atoms with van der Waals surface area (Å²) in [5.41, 5.74) is 6.07. The Balaban J connectivity index is 1.68. The van der Waals surface area contributed by atoms with E-state index in [1.807, 2.05) is 95.3 Å². The van der Waals surface area contributed by atoms with E-state index in [0.717, 1.165) is 20.8 Å². The van der Waals surface area contributed by atoms with Gasteiger partial charge in [-0.1, -0.05) is 95.3 Å². The maximum Gasteiger partial charge on any atom is 0.426 e. The van der Waals surface area contributed by atoms with Gasteiger partial charge in [-0.15, -0.1) is 11.3 Å². The van der Waals surface area contributed by atoms with Crippen LogP contribution in [-0.2, 0) is 32.6 Å². The minimum Gasteiger partial charge on any atom is -0.443 e. The average Bonchev–Trinajstić information content (AvgIpc) is 3.49. The summed E-state index contributed by atoms with van der Waals surface area (Å²) in [4.78, 5) is 31.4. The molecule has 0 fully saturated rings. The Morgan fingerprint density at radius 1 is 0.957 bits per heavy atom. The van der Waals surface area contributed by atoms with Crippen molar-refractivity contribution >= 4 is 43.6 Å². The SMILES string of the molecule is CC(C)CN(C[C@@H](O)[C@H](Cc1ccccc1)N(NC(=O)OCc1ccccc1)C(=O)CC(C)(C)C)S(=O)(=O)c1ccc2ncsc2c1. The molecule has 0 aliphatic rings. The summed E-state index contributed by atoms with van der Waals surface area (Å²) in [7, 11) is -4.07. The van der Waals surface area contributed by atoms with Crippen LogP contribution in [0.4, 0.5) is 4.79 Å². The van der Waals surface area contributed by atoms with E-state index in [-0.39, 0.29) is 43.4 Å². The highest BCUT2D eigenvalue weighted by Gasteiger charge is 2.37. The molecule has 47 heavy (non-hydrogen) atoms. The van der Waals surface area contributed by atoms with Gasteiger partial charge in [-0.3, -0.25) is 4.79 Å². The summed E-state index contributed by atoms with van der Waals surface area (Å²) in [5.74, 6) is -0.510. The lowest BCUT2D eigenvalue weighted by Gasteiger charge is -2.37. The Kier molecular flexibility index (Phi) is 12.1. The molecule has 10 nitrogen and oxygen atoms in total. The van der Waals surface area contributed by atoms with Crippen molar-refractivity contribution in [3.63, 3.8) is 0 Å². The molecule has 252 valence electrons. The van der Waals surface area contributed by atoms with Gasteiger partial charge in [-0.05, 0) is 47.1 Å². The van der Waals surface area contributed by atoms with Crippen LogP contribution in [-0.4, -0.2) is 65.1 Å². The number of carbonyl (C=O) groups excluding carboxylic acids is 2. The first-order chi connectivity index (χ1) is 22.2. The number of sulfonamides is 1. The van der Waals surface area contributed by atoms with Crippen molar-refractivity contribution in [1.29, 1.82) is 0 Å². The lowest BCUT2D eigenvalue weighted by atomic mass is 9.91. The van der Waals surface area contributed by atoms with Crippen molar-refractivity contribution in [2.75, 3.05) is 13.1 Å². The van der Waals surface area contributed by atoms with Crippen molar-refractivity contribution in [3.8, 4) is 0 Å². The van der Waals surface area contributed by atoms with Gasteiger partial charge in [0.25, 0.3) is 0 Å². The Morgan fingerprint density at radius 3 is 2.21 bits per heavy atom. The first kappa shape index (κ1) is 36.0. The molecular formula is C35H44N4O6S2. The summed E-state index contributed by atoms with van der Waals surface area (Å²) in [6, 6.07) is 22.1. The smallest absolute Gasteiger partial charge is 0.426 e. The van der Waals surface area contributed by atoms with E-state index in [1.165, 1.54) is 21.7 Å². The first-order valence-corrected chi connectivity index (χ1v) is 17.9. The minimum atomic E-state index is -4.07. The van der Waals surface area contributed by atoms with E-state index in [9.17, 15) is 23.1 Å². The Bertz CT molecular complexity index is 1720. The minimum absolute atomic E-state index is 0.0234. The molecule has 0 spiro atoms. The zero-order valence-electron chi connectivity index (χ0n) is 27.5. The second-order valence-electron chi connectivity index (χ2n) is 13.2. The van der Waals surface area contributed by atoms with E-state index in [2.05, 4.69) is 10.4 Å². The van der Waals surface area contributed by atoms with Gasteiger partial charge >= 0.3 is 6.09 Å². The van der Waals surface area contributed by atoms with E-state index in [0.29, 0.717) is 5.52 Å². The van der Waals surface area contributed by atoms with Gasteiger partial charge < -0.3 is 9.84 Å². The van der Waals surface area contributed by atoms with Crippen LogP contribution in [0.15, 0.2) is 89.3 Å². The molecule has 1 heterocycles. The summed E-state index contributed by atoms with van der Waals surface area (Å²) in [6.07, 6.45) is -2.08. The number of aromatic nitrogens is 1. The van der Waals surface area contributed by atoms with Crippen molar-refractivity contribution in [2.24, 2.45) is 11.3 Å². The quantitative estimate of drug-likeness (QED) is 0.165. The van der Waals surface area contributed by atoms with Gasteiger partial charge in [0.1, 0.15) is 6.61 Å². The number of benzene rings is 3. The number of rotatable bonds is 13. The van der Waals surface area contributed by atoms with E-state index < -0.39 is 39.6 Å². The molecule has 0 bridgehead atoms. The number of amides is 2. The number of nitrogens with one attached hydrogen (secondary N) is 1. The topological polar surface area (TPSA) is 129 Å². The molecule has 0 aliphatic carbocycles. The normalized spacial score (nSPS) is 13.4. The number of hydrogen-bond acceptors (Lipinski definition) is 8. The predicted molar refractivity (Wildman–Crippen MR) is 184 cm³/mol. The zero-order chi connectivity index (χ0) is 34.2. The Hall–Kier alpha value is -3.84. The summed E-state index contributed by atoms with van der Waals surface area (Å²) < 4.78 is 35.6. The van der Waals surface area contributed by atoms with Gasteiger partial charge in [-0.25, -0.2) is 28.6 Å². The third-order valence-electron chi connectivity index (χ3n) is 7.34. The van der Waals surface area contributed by atoms with E-state index >= 15 is 0 Å². The third-order valence-corrected chi connectivity index (χ3v) is 9.96. The van der Waals surface area contributed by atoms with Crippen LogP contribution in [0.3, 0.4) is 0 Å². The highest BCUT2D eigenvalue weighted by atomic mass is 32.2. The number of nitrogens with zero attached hydrogens (tertiary/aromatic N) is 3. The lowest BCUT2D eigenvalue weighted by molar-refractivity contribution is -0.142. The number of thiazole rings is 1. The van der Waals surface area contributed by atoms with Crippen molar-refractivity contribution < 1.29 is 27.9 Å². The molecule has 4 aromatic rings.